The Labute approximate surface area is 134 Å². The number of ether oxygens (including phenoxy) is 1. The van der Waals surface area contributed by atoms with Crippen molar-refractivity contribution < 1.29 is 9.53 Å². The zero-order valence-corrected chi connectivity index (χ0v) is 13.4. The summed E-state index contributed by atoms with van der Waals surface area (Å²) < 4.78 is 5.19. The maximum Gasteiger partial charge on any atom is 0.319 e. The molecule has 110 valence electrons. The number of thioether (sulfide) groups is 1. The van der Waals surface area contributed by atoms with Gasteiger partial charge in [-0.25, -0.2) is 0 Å². The molecular formula is C17H17ClO2S. The van der Waals surface area contributed by atoms with Gasteiger partial charge in [0.25, 0.3) is 0 Å². The molecule has 0 aromatic heterocycles. The van der Waals surface area contributed by atoms with Gasteiger partial charge in [0, 0.05) is 9.92 Å². The molecule has 2 rings (SSSR count). The average molecular weight is 321 g/mol. The lowest BCUT2D eigenvalue weighted by Crippen LogP contribution is -2.22. The van der Waals surface area contributed by atoms with E-state index in [1.807, 2.05) is 61.5 Å². The van der Waals surface area contributed by atoms with E-state index in [0.717, 1.165) is 10.5 Å². The highest BCUT2D eigenvalue weighted by molar-refractivity contribution is 8.00. The lowest BCUT2D eigenvalue weighted by molar-refractivity contribution is -0.142. The van der Waals surface area contributed by atoms with Gasteiger partial charge in [0.05, 0.1) is 6.61 Å². The van der Waals surface area contributed by atoms with E-state index in [0.29, 0.717) is 18.1 Å². The first-order valence-corrected chi connectivity index (χ1v) is 8.07. The van der Waals surface area contributed by atoms with Crippen LogP contribution in [0.1, 0.15) is 12.5 Å². The topological polar surface area (TPSA) is 26.3 Å². The van der Waals surface area contributed by atoms with Gasteiger partial charge in [0.1, 0.15) is 5.25 Å². The Morgan fingerprint density at radius 2 is 1.81 bits per heavy atom. The molecule has 0 fully saturated rings. The largest absolute Gasteiger partial charge is 0.465 e. The van der Waals surface area contributed by atoms with Gasteiger partial charge < -0.3 is 4.74 Å². The van der Waals surface area contributed by atoms with Gasteiger partial charge in [0.2, 0.25) is 0 Å². The molecule has 1 unspecified atom stereocenters. The Hall–Kier alpha value is -1.45. The fourth-order valence-electron chi connectivity index (χ4n) is 1.91. The van der Waals surface area contributed by atoms with E-state index in [4.69, 9.17) is 16.3 Å². The second-order valence-electron chi connectivity index (χ2n) is 4.50. The summed E-state index contributed by atoms with van der Waals surface area (Å²) in [5.41, 5.74) is 1.07. The molecule has 2 aromatic carbocycles. The minimum Gasteiger partial charge on any atom is -0.465 e. The molecule has 0 bridgehead atoms. The average Bonchev–Trinajstić information content (AvgIpc) is 2.50. The van der Waals surface area contributed by atoms with Crippen molar-refractivity contribution >= 4 is 29.3 Å². The van der Waals surface area contributed by atoms with Crippen LogP contribution in [0.5, 0.6) is 0 Å². The number of carbonyl (C=O) groups excluding carboxylic acids is 1. The monoisotopic (exact) mass is 320 g/mol. The highest BCUT2D eigenvalue weighted by atomic mass is 35.5. The number of carbonyl (C=O) groups is 1. The molecule has 0 radical (unpaired) electrons. The van der Waals surface area contributed by atoms with E-state index < -0.39 is 0 Å². The lowest BCUT2D eigenvalue weighted by Gasteiger charge is -2.15. The first-order chi connectivity index (χ1) is 10.2. The second kappa shape index (κ2) is 8.11. The summed E-state index contributed by atoms with van der Waals surface area (Å²) in [7, 11) is 0. The number of hydrogen-bond acceptors (Lipinski definition) is 3. The van der Waals surface area contributed by atoms with E-state index >= 15 is 0 Å². The van der Waals surface area contributed by atoms with Crippen molar-refractivity contribution in [3.05, 3.63) is 65.2 Å². The summed E-state index contributed by atoms with van der Waals surface area (Å²) in [6, 6.07) is 17.5. The molecule has 0 aliphatic rings. The zero-order chi connectivity index (χ0) is 15.1. The van der Waals surface area contributed by atoms with Crippen LogP contribution in [-0.2, 0) is 16.0 Å². The van der Waals surface area contributed by atoms with Crippen molar-refractivity contribution in [2.45, 2.75) is 23.5 Å². The number of halogens is 1. The van der Waals surface area contributed by atoms with Gasteiger partial charge in [-0.2, -0.15) is 0 Å². The van der Waals surface area contributed by atoms with Crippen LogP contribution in [0, 0.1) is 0 Å². The van der Waals surface area contributed by atoms with Crippen LogP contribution >= 0.6 is 23.4 Å². The summed E-state index contributed by atoms with van der Waals surface area (Å²) in [6.45, 7) is 2.22. The van der Waals surface area contributed by atoms with Gasteiger partial charge in [-0.15, -0.1) is 11.8 Å². The van der Waals surface area contributed by atoms with Crippen LogP contribution in [0.25, 0.3) is 0 Å². The molecule has 0 heterocycles. The quantitative estimate of drug-likeness (QED) is 0.574. The number of rotatable bonds is 6. The smallest absolute Gasteiger partial charge is 0.319 e. The molecule has 0 aliphatic carbocycles. The minimum absolute atomic E-state index is 0.179. The Kier molecular flexibility index (Phi) is 6.15. The number of hydrogen-bond donors (Lipinski definition) is 0. The summed E-state index contributed by atoms with van der Waals surface area (Å²) in [5, 5.41) is 0.440. The van der Waals surface area contributed by atoms with Crippen LogP contribution in [0.15, 0.2) is 59.5 Å². The first kappa shape index (κ1) is 15.9. The Morgan fingerprint density at radius 3 is 2.43 bits per heavy atom. The molecule has 2 nitrogen and oxygen atoms in total. The molecule has 21 heavy (non-hydrogen) atoms. The van der Waals surface area contributed by atoms with E-state index in [9.17, 15) is 4.79 Å². The predicted octanol–water partition coefficient (Wildman–Crippen LogP) is 4.61. The van der Waals surface area contributed by atoms with Gasteiger partial charge in [0.15, 0.2) is 0 Å². The third kappa shape index (κ3) is 5.10. The molecule has 0 amide bonds. The van der Waals surface area contributed by atoms with E-state index in [1.54, 1.807) is 0 Å². The highest BCUT2D eigenvalue weighted by Crippen LogP contribution is 2.27. The third-order valence-electron chi connectivity index (χ3n) is 2.91. The van der Waals surface area contributed by atoms with E-state index in [2.05, 4.69) is 0 Å². The number of benzene rings is 2. The highest BCUT2D eigenvalue weighted by Gasteiger charge is 2.21. The maximum atomic E-state index is 12.1. The van der Waals surface area contributed by atoms with E-state index in [1.165, 1.54) is 11.8 Å². The van der Waals surface area contributed by atoms with E-state index in [-0.39, 0.29) is 11.2 Å². The second-order valence-corrected chi connectivity index (χ2v) is 6.21. The van der Waals surface area contributed by atoms with Crippen molar-refractivity contribution in [2.24, 2.45) is 0 Å². The Balaban J connectivity index is 2.11. The Bertz CT molecular complexity index is 569. The standard InChI is InChI=1S/C17H17ClO2S/c1-2-20-17(19)16(21-15-6-4-3-5-7-15)12-13-8-10-14(18)11-9-13/h3-11,16H,2,12H2,1H3. The van der Waals surface area contributed by atoms with Crippen molar-refractivity contribution in [1.82, 2.24) is 0 Å². The maximum absolute atomic E-state index is 12.1. The van der Waals surface area contributed by atoms with Gasteiger partial charge in [-0.05, 0) is 43.2 Å². The SMILES string of the molecule is CCOC(=O)C(Cc1ccc(Cl)cc1)Sc1ccccc1. The molecule has 0 aliphatic heterocycles. The molecule has 0 saturated heterocycles. The molecule has 0 saturated carbocycles. The van der Waals surface area contributed by atoms with Gasteiger partial charge in [-0.1, -0.05) is 41.9 Å². The summed E-state index contributed by atoms with van der Waals surface area (Å²) in [6.07, 6.45) is 0.621. The first-order valence-electron chi connectivity index (χ1n) is 6.82. The summed E-state index contributed by atoms with van der Waals surface area (Å²) in [4.78, 5) is 13.2. The van der Waals surface area contributed by atoms with Crippen molar-refractivity contribution in [1.29, 1.82) is 0 Å². The fraction of sp³-hybridized carbons (Fsp3) is 0.235. The van der Waals surface area contributed by atoms with Crippen LogP contribution in [0.2, 0.25) is 5.02 Å². The third-order valence-corrected chi connectivity index (χ3v) is 4.35. The van der Waals surface area contributed by atoms with Crippen LogP contribution in [0.3, 0.4) is 0 Å². The molecule has 1 atom stereocenters. The predicted molar refractivity (Wildman–Crippen MR) is 87.9 cm³/mol. The van der Waals surface area contributed by atoms with Crippen molar-refractivity contribution in [3.63, 3.8) is 0 Å². The normalized spacial score (nSPS) is 11.9. The zero-order valence-electron chi connectivity index (χ0n) is 11.8. The summed E-state index contributed by atoms with van der Waals surface area (Å²) in [5.74, 6) is -0.179. The van der Waals surface area contributed by atoms with Crippen LogP contribution in [-0.4, -0.2) is 17.8 Å². The molecule has 0 N–H and O–H groups in total. The van der Waals surface area contributed by atoms with Crippen molar-refractivity contribution in [2.75, 3.05) is 6.61 Å². The lowest BCUT2D eigenvalue weighted by atomic mass is 10.1. The van der Waals surface area contributed by atoms with Crippen LogP contribution in [0.4, 0.5) is 0 Å². The Morgan fingerprint density at radius 1 is 1.14 bits per heavy atom. The minimum atomic E-state index is -0.256. The molecule has 4 heteroatoms. The van der Waals surface area contributed by atoms with Gasteiger partial charge >= 0.3 is 5.97 Å². The molecular weight excluding hydrogens is 304 g/mol. The molecule has 2 aromatic rings. The van der Waals surface area contributed by atoms with Gasteiger partial charge in [-0.3, -0.25) is 4.79 Å². The summed E-state index contributed by atoms with van der Waals surface area (Å²) >= 11 is 7.42. The van der Waals surface area contributed by atoms with Crippen LogP contribution < -0.4 is 0 Å². The fourth-order valence-corrected chi connectivity index (χ4v) is 3.12. The number of esters is 1. The van der Waals surface area contributed by atoms with Crippen molar-refractivity contribution in [3.8, 4) is 0 Å². The molecule has 0 spiro atoms.